The third-order valence-electron chi connectivity index (χ3n) is 5.09. The van der Waals surface area contributed by atoms with E-state index in [0.717, 1.165) is 40.9 Å². The van der Waals surface area contributed by atoms with Crippen LogP contribution in [0.5, 0.6) is 0 Å². The van der Waals surface area contributed by atoms with Gasteiger partial charge in [0.2, 0.25) is 0 Å². The van der Waals surface area contributed by atoms with Crippen molar-refractivity contribution in [3.8, 4) is 6.07 Å². The van der Waals surface area contributed by atoms with Crippen molar-refractivity contribution in [2.45, 2.75) is 24.8 Å². The van der Waals surface area contributed by atoms with Crippen molar-refractivity contribution < 1.29 is 4.79 Å². The molecule has 4 heteroatoms. The summed E-state index contributed by atoms with van der Waals surface area (Å²) in [5.74, 6) is -0.119. The number of fused-ring (bicyclic) bond motifs is 3. The first-order chi connectivity index (χ1) is 11.1. The fraction of sp³-hybridized carbons (Fsp3) is 0.263. The molecule has 1 aliphatic rings. The standard InChI is InChI=1S/C19H17N3O/c1-22(19(12-20)9-4-10-19)18(23)17-11-15-14-6-3-2-5-13(14)7-8-16(15)21-17/h2-3,5-8,11,21H,4,9-10H2,1H3. The number of rotatable bonds is 2. The number of amides is 1. The summed E-state index contributed by atoms with van der Waals surface area (Å²) in [6, 6.07) is 16.4. The number of benzene rings is 2. The average Bonchev–Trinajstić information content (AvgIpc) is 2.98. The van der Waals surface area contributed by atoms with E-state index in [0.29, 0.717) is 5.69 Å². The Balaban J connectivity index is 1.79. The molecule has 1 aliphatic carbocycles. The van der Waals surface area contributed by atoms with Gasteiger partial charge in [-0.3, -0.25) is 4.79 Å². The number of carbonyl (C=O) groups excluding carboxylic acids is 1. The van der Waals surface area contributed by atoms with Crippen molar-refractivity contribution in [3.05, 3.63) is 48.2 Å². The molecule has 1 aromatic heterocycles. The Kier molecular flexibility index (Phi) is 2.92. The molecule has 4 rings (SSSR count). The zero-order valence-corrected chi connectivity index (χ0v) is 13.0. The highest BCUT2D eigenvalue weighted by Crippen LogP contribution is 2.37. The quantitative estimate of drug-likeness (QED) is 0.782. The zero-order chi connectivity index (χ0) is 16.0. The first kappa shape index (κ1) is 13.8. The summed E-state index contributed by atoms with van der Waals surface area (Å²) < 4.78 is 0. The van der Waals surface area contributed by atoms with E-state index in [4.69, 9.17) is 0 Å². The van der Waals surface area contributed by atoms with E-state index in [1.165, 1.54) is 0 Å². The van der Waals surface area contributed by atoms with Crippen molar-refractivity contribution in [2.75, 3.05) is 7.05 Å². The maximum Gasteiger partial charge on any atom is 0.271 e. The van der Waals surface area contributed by atoms with Crippen molar-refractivity contribution in [1.82, 2.24) is 9.88 Å². The third kappa shape index (κ3) is 1.93. The van der Waals surface area contributed by atoms with E-state index >= 15 is 0 Å². The average molecular weight is 303 g/mol. The molecule has 1 fully saturated rings. The van der Waals surface area contributed by atoms with E-state index < -0.39 is 5.54 Å². The topological polar surface area (TPSA) is 59.9 Å². The molecular weight excluding hydrogens is 286 g/mol. The molecule has 0 atom stereocenters. The predicted molar refractivity (Wildman–Crippen MR) is 90.1 cm³/mol. The number of H-pyrrole nitrogens is 1. The van der Waals surface area contributed by atoms with Crippen LogP contribution in [0.2, 0.25) is 0 Å². The highest BCUT2D eigenvalue weighted by atomic mass is 16.2. The minimum Gasteiger partial charge on any atom is -0.351 e. The molecule has 4 nitrogen and oxygen atoms in total. The predicted octanol–water partition coefficient (Wildman–Crippen LogP) is 3.84. The van der Waals surface area contributed by atoms with Gasteiger partial charge in [0, 0.05) is 18.0 Å². The van der Waals surface area contributed by atoms with E-state index in [9.17, 15) is 10.1 Å². The van der Waals surface area contributed by atoms with Crippen LogP contribution in [0, 0.1) is 11.3 Å². The lowest BCUT2D eigenvalue weighted by Crippen LogP contribution is -2.53. The van der Waals surface area contributed by atoms with E-state index in [1.807, 2.05) is 24.3 Å². The third-order valence-corrected chi connectivity index (χ3v) is 5.09. The van der Waals surface area contributed by atoms with E-state index in [1.54, 1.807) is 11.9 Å². The van der Waals surface area contributed by atoms with Gasteiger partial charge >= 0.3 is 0 Å². The summed E-state index contributed by atoms with van der Waals surface area (Å²) in [7, 11) is 1.73. The maximum absolute atomic E-state index is 12.8. The lowest BCUT2D eigenvalue weighted by atomic mass is 9.76. The molecule has 23 heavy (non-hydrogen) atoms. The van der Waals surface area contributed by atoms with Gasteiger partial charge in [-0.05, 0) is 42.2 Å². The van der Waals surface area contributed by atoms with Crippen LogP contribution in [-0.2, 0) is 0 Å². The van der Waals surface area contributed by atoms with E-state index in [-0.39, 0.29) is 5.91 Å². The molecule has 0 bridgehead atoms. The fourth-order valence-corrected chi connectivity index (χ4v) is 3.41. The van der Waals surface area contributed by atoms with Crippen molar-refractivity contribution in [3.63, 3.8) is 0 Å². The van der Waals surface area contributed by atoms with Crippen LogP contribution in [-0.4, -0.2) is 28.4 Å². The van der Waals surface area contributed by atoms with Crippen LogP contribution in [0.3, 0.4) is 0 Å². The molecule has 0 spiro atoms. The summed E-state index contributed by atoms with van der Waals surface area (Å²) in [5.41, 5.74) is 0.858. The zero-order valence-electron chi connectivity index (χ0n) is 13.0. The van der Waals surface area contributed by atoms with Crippen LogP contribution < -0.4 is 0 Å². The SMILES string of the molecule is CN(C(=O)c1cc2c(ccc3ccccc32)[nH]1)C1(C#N)CCC1. The maximum atomic E-state index is 12.8. The lowest BCUT2D eigenvalue weighted by molar-refractivity contribution is 0.0492. The molecule has 1 heterocycles. The second kappa shape index (κ2) is 4.85. The van der Waals surface area contributed by atoms with Crippen molar-refractivity contribution >= 4 is 27.6 Å². The van der Waals surface area contributed by atoms with E-state index in [2.05, 4.69) is 29.3 Å². The number of aromatic amines is 1. The van der Waals surface area contributed by atoms with Gasteiger partial charge in [-0.1, -0.05) is 30.3 Å². The number of carbonyl (C=O) groups is 1. The van der Waals surface area contributed by atoms with Gasteiger partial charge < -0.3 is 9.88 Å². The molecular formula is C19H17N3O. The summed E-state index contributed by atoms with van der Waals surface area (Å²) in [6.45, 7) is 0. The van der Waals surface area contributed by atoms with Crippen LogP contribution in [0.1, 0.15) is 29.8 Å². The Hall–Kier alpha value is -2.80. The molecule has 2 aromatic carbocycles. The smallest absolute Gasteiger partial charge is 0.271 e. The summed E-state index contributed by atoms with van der Waals surface area (Å²) in [4.78, 5) is 17.6. The molecule has 1 saturated carbocycles. The Labute approximate surface area is 134 Å². The number of nitrogens with zero attached hydrogens (tertiary/aromatic N) is 2. The summed E-state index contributed by atoms with van der Waals surface area (Å²) >= 11 is 0. The highest BCUT2D eigenvalue weighted by Gasteiger charge is 2.43. The molecule has 0 radical (unpaired) electrons. The Morgan fingerprint density at radius 3 is 2.70 bits per heavy atom. The van der Waals surface area contributed by atoms with Crippen molar-refractivity contribution in [1.29, 1.82) is 5.26 Å². The number of nitrogens with one attached hydrogen (secondary N) is 1. The van der Waals surface area contributed by atoms with Gasteiger partial charge in [-0.25, -0.2) is 0 Å². The summed E-state index contributed by atoms with van der Waals surface area (Å²) in [5, 5.41) is 12.7. The monoisotopic (exact) mass is 303 g/mol. The molecule has 0 saturated heterocycles. The summed E-state index contributed by atoms with van der Waals surface area (Å²) in [6.07, 6.45) is 2.52. The first-order valence-corrected chi connectivity index (χ1v) is 7.84. The second-order valence-electron chi connectivity index (χ2n) is 6.29. The van der Waals surface area contributed by atoms with Crippen LogP contribution >= 0.6 is 0 Å². The Bertz CT molecular complexity index is 960. The molecule has 1 N–H and O–H groups in total. The van der Waals surface area contributed by atoms with Gasteiger partial charge in [0.1, 0.15) is 11.2 Å². The molecule has 0 unspecified atom stereocenters. The van der Waals surface area contributed by atoms with Gasteiger partial charge in [0.25, 0.3) is 5.91 Å². The largest absolute Gasteiger partial charge is 0.351 e. The number of hydrogen-bond acceptors (Lipinski definition) is 2. The second-order valence-corrected chi connectivity index (χ2v) is 6.29. The number of hydrogen-bond donors (Lipinski definition) is 1. The number of aromatic nitrogens is 1. The fourth-order valence-electron chi connectivity index (χ4n) is 3.41. The normalized spacial score (nSPS) is 16.0. The molecule has 1 amide bonds. The minimum atomic E-state index is -0.629. The Morgan fingerprint density at radius 1 is 1.22 bits per heavy atom. The van der Waals surface area contributed by atoms with Crippen LogP contribution in [0.15, 0.2) is 42.5 Å². The minimum absolute atomic E-state index is 0.119. The molecule has 3 aromatic rings. The van der Waals surface area contributed by atoms with Crippen LogP contribution in [0.25, 0.3) is 21.7 Å². The molecule has 0 aliphatic heterocycles. The highest BCUT2D eigenvalue weighted by molar-refractivity contribution is 6.09. The first-order valence-electron chi connectivity index (χ1n) is 7.84. The van der Waals surface area contributed by atoms with Gasteiger partial charge in [-0.15, -0.1) is 0 Å². The van der Waals surface area contributed by atoms with Gasteiger partial charge in [0.05, 0.1) is 6.07 Å². The Morgan fingerprint density at radius 2 is 2.00 bits per heavy atom. The van der Waals surface area contributed by atoms with Gasteiger partial charge in [0.15, 0.2) is 0 Å². The van der Waals surface area contributed by atoms with Crippen LogP contribution in [0.4, 0.5) is 0 Å². The van der Waals surface area contributed by atoms with Gasteiger partial charge in [-0.2, -0.15) is 5.26 Å². The number of nitriles is 1. The molecule has 114 valence electrons. The lowest BCUT2D eigenvalue weighted by Gasteiger charge is -2.42. The van der Waals surface area contributed by atoms with Crippen molar-refractivity contribution in [2.24, 2.45) is 0 Å².